The van der Waals surface area contributed by atoms with Crippen LogP contribution in [0.1, 0.15) is 81.7 Å². The Labute approximate surface area is 720 Å². The number of fused-ring (bicyclic) bond motifs is 10. The van der Waals surface area contributed by atoms with Gasteiger partial charge in [0.25, 0.3) is 6.71 Å². The predicted octanol–water partition coefficient (Wildman–Crippen LogP) is 30.1. The summed E-state index contributed by atoms with van der Waals surface area (Å²) in [6.45, 7) is 19.8. The van der Waals surface area contributed by atoms with Crippen LogP contribution in [0.2, 0.25) is 0 Å². The highest BCUT2D eigenvalue weighted by molar-refractivity contribution is 7.00. The van der Waals surface area contributed by atoms with E-state index >= 15 is 0 Å². The minimum absolute atomic E-state index is 0.0700. The number of hydrogen-bond donors (Lipinski definition) is 0. The maximum Gasteiger partial charge on any atom is 0.252 e. The molecule has 0 amide bonds. The third-order valence-electron chi connectivity index (χ3n) is 24.6. The summed E-state index contributed by atoms with van der Waals surface area (Å²) in [5.41, 5.74) is 35.4. The molecule has 0 fully saturated rings. The van der Waals surface area contributed by atoms with Crippen LogP contribution in [0.4, 0.5) is 34.1 Å². The highest BCUT2D eigenvalue weighted by atomic mass is 15.2. The number of nitrogens with zero attached hydrogens (tertiary/aromatic N) is 4. The van der Waals surface area contributed by atoms with Gasteiger partial charge in [-0.15, -0.1) is 0 Å². The Morgan fingerprint density at radius 2 is 0.500 bits per heavy atom. The number of benzene rings is 17. The Balaban J connectivity index is 0.931. The van der Waals surface area contributed by atoms with Crippen LogP contribution >= 0.6 is 0 Å². The minimum Gasteiger partial charge on any atom is -0.310 e. The van der Waals surface area contributed by atoms with Crippen LogP contribution in [0.3, 0.4) is 0 Å². The third kappa shape index (κ3) is 13.8. The van der Waals surface area contributed by atoms with Crippen LogP contribution in [0.15, 0.2) is 388 Å². The molecule has 4 nitrogen and oxygen atoms in total. The van der Waals surface area contributed by atoms with E-state index in [-0.39, 0.29) is 10.8 Å². The molecule has 2 aliphatic heterocycles. The summed E-state index contributed by atoms with van der Waals surface area (Å²) in [6, 6.07) is 145. The van der Waals surface area contributed by atoms with Gasteiger partial charge in [-0.1, -0.05) is 341 Å². The largest absolute Gasteiger partial charge is 0.310 e. The van der Waals surface area contributed by atoms with E-state index in [1.54, 1.807) is 0 Å². The van der Waals surface area contributed by atoms with E-state index in [2.05, 4.69) is 469 Å². The topological polar surface area (TPSA) is 16.3 Å². The fourth-order valence-corrected chi connectivity index (χ4v) is 19.7. The lowest BCUT2D eigenvalue weighted by molar-refractivity contribution is 0.411. The zero-order valence-electron chi connectivity index (χ0n) is 72.7. The Hall–Kier alpha value is -14.0. The van der Waals surface area contributed by atoms with E-state index in [1.807, 2.05) is 0 Å². The standard InChI is InChI=1S/C117H97BN4/c1-115(2,3)74-77-62-94(84-42-26-14-27-43-84)113(95(63-77)85-44-28-15-29-45-85)121-108-72-92(119-104-58-50-88(80-34-18-10-19-35-80)68-98(104)99-69-89(51-59-105(99)119)81-36-20-11-21-37-81)54-56-102(108)118-103-57-55-93(120-106-60-52-90(82-38-22-12-23-39-82)70-100(106)101-71-91(53-61-107(101)120)83-40-24-13-25-41-83)73-109(103)122(111-67-79(76-117(7,8)9)66-110(121)112(111)118)114-96(86-46-30-16-31-47-86)64-78(75-116(4,5)6)65-97(114)87-48-32-17-33-49-87/h10-73H,74-76H2,1-9H3/i76D2. The summed E-state index contributed by atoms with van der Waals surface area (Å²) in [7, 11) is 0. The normalized spacial score (nSPS) is 13.0. The first-order valence-corrected chi connectivity index (χ1v) is 43.1. The molecule has 0 atom stereocenters. The van der Waals surface area contributed by atoms with Crippen molar-refractivity contribution in [1.82, 2.24) is 9.13 Å². The van der Waals surface area contributed by atoms with Crippen LogP contribution in [0.25, 0.3) is 144 Å². The summed E-state index contributed by atoms with van der Waals surface area (Å²) in [5, 5.41) is 4.63. The molecule has 0 N–H and O–H groups in total. The summed E-state index contributed by atoms with van der Waals surface area (Å²) < 4.78 is 27.2. The quantitative estimate of drug-likeness (QED) is 0.0951. The predicted molar refractivity (Wildman–Crippen MR) is 522 cm³/mol. The molecule has 588 valence electrons. The Kier molecular flexibility index (Phi) is 18.0. The molecule has 4 heterocycles. The zero-order chi connectivity index (χ0) is 84.5. The van der Waals surface area contributed by atoms with E-state index in [0.29, 0.717) is 5.56 Å². The van der Waals surface area contributed by atoms with E-state index < -0.39 is 18.5 Å². The lowest BCUT2D eigenvalue weighted by Gasteiger charge is -2.46. The molecule has 0 saturated heterocycles. The first-order valence-electron chi connectivity index (χ1n) is 44.1. The number of rotatable bonds is 15. The highest BCUT2D eigenvalue weighted by Crippen LogP contribution is 2.56. The second-order valence-electron chi connectivity index (χ2n) is 37.0. The maximum absolute atomic E-state index is 11.1. The smallest absolute Gasteiger partial charge is 0.252 e. The van der Waals surface area contributed by atoms with Crippen LogP contribution in [0, 0.1) is 16.2 Å². The highest BCUT2D eigenvalue weighted by Gasteiger charge is 2.46. The molecule has 19 aromatic rings. The lowest BCUT2D eigenvalue weighted by atomic mass is 9.33. The van der Waals surface area contributed by atoms with Gasteiger partial charge < -0.3 is 18.9 Å². The summed E-state index contributed by atoms with van der Waals surface area (Å²) in [4.78, 5) is 5.23. The average molecular weight is 1570 g/mol. The maximum atomic E-state index is 11.1. The van der Waals surface area contributed by atoms with E-state index in [9.17, 15) is 2.74 Å². The van der Waals surface area contributed by atoms with Gasteiger partial charge in [-0.3, -0.25) is 0 Å². The third-order valence-corrected chi connectivity index (χ3v) is 24.6. The van der Waals surface area contributed by atoms with Gasteiger partial charge in [0.05, 0.1) is 33.4 Å². The van der Waals surface area contributed by atoms with Gasteiger partial charge in [-0.2, -0.15) is 0 Å². The van der Waals surface area contributed by atoms with Gasteiger partial charge in [-0.25, -0.2) is 0 Å². The van der Waals surface area contributed by atoms with Crippen LogP contribution in [-0.2, 0) is 19.2 Å². The molecule has 2 aliphatic rings. The van der Waals surface area contributed by atoms with Crippen LogP contribution in [-0.4, -0.2) is 15.8 Å². The molecular weight excluding hydrogens is 1470 g/mol. The SMILES string of the molecule is [2H]C([2H])(c1cc2c3c(c1)N(c1c(-c4ccccc4)cc(CC(C)(C)C)cc1-c1ccccc1)c1cc(-n4c5ccc(-c6ccccc6)cc5c5cc(-c6ccccc6)ccc54)ccc1B3c1ccc(-n3c4ccc(-c5ccccc5)cc4c4cc(-c5ccccc5)ccc43)cc1N2c1c(-c2ccccc2)cc(CC(C)(C)C)cc1-c1ccccc1)C(C)(C)C. The monoisotopic (exact) mass is 1570 g/mol. The van der Waals surface area contributed by atoms with Crippen LogP contribution < -0.4 is 26.2 Å². The van der Waals surface area contributed by atoms with Gasteiger partial charge in [0, 0.05) is 80.7 Å². The first kappa shape index (κ1) is 73.2. The van der Waals surface area contributed by atoms with Gasteiger partial charge >= 0.3 is 0 Å². The van der Waals surface area contributed by atoms with Crippen molar-refractivity contribution in [2.24, 2.45) is 16.2 Å². The molecule has 122 heavy (non-hydrogen) atoms. The Bertz CT molecular complexity index is 6610. The lowest BCUT2D eigenvalue weighted by Crippen LogP contribution is -2.61. The van der Waals surface area contributed by atoms with Crippen molar-refractivity contribution in [2.75, 3.05) is 9.80 Å². The second kappa shape index (κ2) is 30.1. The summed E-state index contributed by atoms with van der Waals surface area (Å²) >= 11 is 0. The molecule has 17 aromatic carbocycles. The van der Waals surface area contributed by atoms with E-state index in [4.69, 9.17) is 0 Å². The van der Waals surface area contributed by atoms with Crippen molar-refractivity contribution in [1.29, 1.82) is 0 Å². The molecule has 0 saturated carbocycles. The summed E-state index contributed by atoms with van der Waals surface area (Å²) in [5.74, 6) is 0. The second-order valence-corrected chi connectivity index (χ2v) is 37.0. The van der Waals surface area contributed by atoms with Gasteiger partial charge in [-0.05, 0) is 244 Å². The average Bonchev–Trinajstić information content (AvgIpc) is 0.724. The van der Waals surface area contributed by atoms with Crippen molar-refractivity contribution in [3.63, 3.8) is 0 Å². The fraction of sp³-hybridized carbons (Fsp3) is 0.128. The number of anilines is 6. The Morgan fingerprint density at radius 3 is 0.754 bits per heavy atom. The van der Waals surface area contributed by atoms with Crippen molar-refractivity contribution >= 4 is 101 Å². The van der Waals surface area contributed by atoms with E-state index in [0.717, 1.165) is 207 Å². The van der Waals surface area contributed by atoms with Crippen molar-refractivity contribution < 1.29 is 2.74 Å². The van der Waals surface area contributed by atoms with Crippen molar-refractivity contribution in [2.45, 2.75) is 81.5 Å². The summed E-state index contributed by atoms with van der Waals surface area (Å²) in [6.07, 6.45) is -0.282. The van der Waals surface area contributed by atoms with Crippen molar-refractivity contribution in [3.05, 3.63) is 405 Å². The molecule has 21 rings (SSSR count). The molecule has 2 aromatic heterocycles. The minimum atomic E-state index is -1.93. The fourth-order valence-electron chi connectivity index (χ4n) is 19.7. The van der Waals surface area contributed by atoms with Gasteiger partial charge in [0.1, 0.15) is 0 Å². The zero-order valence-corrected chi connectivity index (χ0v) is 70.7. The van der Waals surface area contributed by atoms with Gasteiger partial charge in [0.2, 0.25) is 0 Å². The molecule has 0 radical (unpaired) electrons. The molecular formula is C117H97BN4. The number of hydrogen-bond acceptors (Lipinski definition) is 2. The molecule has 0 unspecified atom stereocenters. The van der Waals surface area contributed by atoms with E-state index in [1.165, 1.54) is 11.1 Å². The Morgan fingerprint density at radius 1 is 0.238 bits per heavy atom. The molecule has 5 heteroatoms. The van der Waals surface area contributed by atoms with Crippen LogP contribution in [0.5, 0.6) is 0 Å². The first-order chi connectivity index (χ1) is 60.1. The molecule has 0 bridgehead atoms. The molecule has 0 spiro atoms. The number of aromatic nitrogens is 2. The van der Waals surface area contributed by atoms with Crippen molar-refractivity contribution in [3.8, 4) is 100 Å². The molecule has 0 aliphatic carbocycles. The van der Waals surface area contributed by atoms with Gasteiger partial charge in [0.15, 0.2) is 0 Å².